The number of amides is 2. The summed E-state index contributed by atoms with van der Waals surface area (Å²) in [5, 5.41) is 20.2. The topological polar surface area (TPSA) is 104 Å². The van der Waals surface area contributed by atoms with Crippen molar-refractivity contribution in [3.05, 3.63) is 81.0 Å². The summed E-state index contributed by atoms with van der Waals surface area (Å²) in [4.78, 5) is 39.3. The summed E-state index contributed by atoms with van der Waals surface area (Å²) in [6, 6.07) is 13.0. The van der Waals surface area contributed by atoms with Gasteiger partial charge in [-0.05, 0) is 30.2 Å². The van der Waals surface area contributed by atoms with Crippen LogP contribution in [-0.2, 0) is 16.1 Å². The lowest BCUT2D eigenvalue weighted by molar-refractivity contribution is -0.384. The average Bonchev–Trinajstić information content (AvgIpc) is 2.94. The maximum atomic E-state index is 13.1. The molecule has 2 amide bonds. The highest BCUT2D eigenvalue weighted by atomic mass is 16.6. The molecular formula is C21H21N3O5. The first kappa shape index (κ1) is 20.2. The third-order valence-electron chi connectivity index (χ3n) is 4.79. The lowest BCUT2D eigenvalue weighted by Gasteiger charge is -2.20. The number of hydrogen-bond acceptors (Lipinski definition) is 6. The third-order valence-corrected chi connectivity index (χ3v) is 4.79. The molecule has 0 spiro atoms. The summed E-state index contributed by atoms with van der Waals surface area (Å²) in [5.41, 5.74) is 2.54. The number of carbonyl (C=O) groups is 2. The zero-order valence-corrected chi connectivity index (χ0v) is 16.2. The molecule has 0 aliphatic carbocycles. The molecular weight excluding hydrogens is 374 g/mol. The minimum atomic E-state index is -0.526. The van der Waals surface area contributed by atoms with E-state index in [2.05, 4.69) is 0 Å². The molecule has 2 aromatic rings. The molecule has 8 nitrogen and oxygen atoms in total. The van der Waals surface area contributed by atoms with Gasteiger partial charge in [0.05, 0.1) is 23.6 Å². The van der Waals surface area contributed by atoms with E-state index >= 15 is 0 Å². The summed E-state index contributed by atoms with van der Waals surface area (Å²) >= 11 is 0. The Morgan fingerprint density at radius 3 is 2.21 bits per heavy atom. The highest BCUT2D eigenvalue weighted by molar-refractivity contribution is 6.35. The molecule has 150 valence electrons. The predicted octanol–water partition coefficient (Wildman–Crippen LogP) is 2.11. The number of nitro groups is 1. The van der Waals surface area contributed by atoms with Crippen molar-refractivity contribution in [3.8, 4) is 0 Å². The van der Waals surface area contributed by atoms with Gasteiger partial charge in [-0.15, -0.1) is 0 Å². The van der Waals surface area contributed by atoms with E-state index in [0.29, 0.717) is 5.56 Å². The van der Waals surface area contributed by atoms with Crippen molar-refractivity contribution in [2.24, 2.45) is 0 Å². The minimum Gasteiger partial charge on any atom is -0.395 e. The standard InChI is InChI=1S/C21H21N3O5/c1-14-3-5-15(6-4-14)13-23-20(26)18(19(21(23)27)22(2)11-12-25)16-7-9-17(10-8-16)24(28)29/h3-10,25H,11-13H2,1-2H3. The van der Waals surface area contributed by atoms with Crippen LogP contribution in [-0.4, -0.2) is 51.8 Å². The lowest BCUT2D eigenvalue weighted by atomic mass is 10.0. The molecule has 1 N–H and O–H groups in total. The number of nitro benzene ring substituents is 1. The molecule has 0 aromatic heterocycles. The minimum absolute atomic E-state index is 0.104. The predicted molar refractivity (Wildman–Crippen MR) is 106 cm³/mol. The molecule has 29 heavy (non-hydrogen) atoms. The van der Waals surface area contributed by atoms with Gasteiger partial charge < -0.3 is 10.0 Å². The molecule has 0 saturated heterocycles. The fourth-order valence-electron chi connectivity index (χ4n) is 3.21. The highest BCUT2D eigenvalue weighted by Crippen LogP contribution is 2.32. The van der Waals surface area contributed by atoms with Crippen LogP contribution in [0.4, 0.5) is 5.69 Å². The van der Waals surface area contributed by atoms with Crippen LogP contribution in [0, 0.1) is 17.0 Å². The maximum Gasteiger partial charge on any atom is 0.278 e. The Balaban J connectivity index is 2.00. The first-order valence-electron chi connectivity index (χ1n) is 9.06. The average molecular weight is 395 g/mol. The second kappa shape index (κ2) is 8.24. The van der Waals surface area contributed by atoms with Crippen LogP contribution in [0.15, 0.2) is 54.2 Å². The normalized spacial score (nSPS) is 14.0. The Morgan fingerprint density at radius 1 is 1.03 bits per heavy atom. The van der Waals surface area contributed by atoms with E-state index in [1.165, 1.54) is 29.2 Å². The van der Waals surface area contributed by atoms with Gasteiger partial charge in [0.2, 0.25) is 0 Å². The molecule has 1 heterocycles. The van der Waals surface area contributed by atoms with Crippen LogP contribution in [0.25, 0.3) is 5.57 Å². The smallest absolute Gasteiger partial charge is 0.278 e. The first-order chi connectivity index (χ1) is 13.8. The van der Waals surface area contributed by atoms with Crippen molar-refractivity contribution < 1.29 is 19.6 Å². The number of aryl methyl sites for hydroxylation is 1. The van der Waals surface area contributed by atoms with Crippen molar-refractivity contribution in [1.82, 2.24) is 9.80 Å². The zero-order chi connectivity index (χ0) is 21.1. The van der Waals surface area contributed by atoms with E-state index in [4.69, 9.17) is 0 Å². The van der Waals surface area contributed by atoms with E-state index in [1.807, 2.05) is 31.2 Å². The lowest BCUT2D eigenvalue weighted by Crippen LogP contribution is -2.34. The molecule has 0 saturated carbocycles. The monoisotopic (exact) mass is 395 g/mol. The number of nitrogens with zero attached hydrogens (tertiary/aromatic N) is 3. The summed E-state index contributed by atoms with van der Waals surface area (Å²) < 4.78 is 0. The van der Waals surface area contributed by atoms with Gasteiger partial charge in [-0.1, -0.05) is 29.8 Å². The number of imide groups is 1. The number of carbonyl (C=O) groups excluding carboxylic acids is 2. The molecule has 0 radical (unpaired) electrons. The molecule has 8 heteroatoms. The van der Waals surface area contributed by atoms with Gasteiger partial charge in [0.15, 0.2) is 0 Å². The summed E-state index contributed by atoms with van der Waals surface area (Å²) in [6.45, 7) is 2.05. The number of aliphatic hydroxyl groups excluding tert-OH is 1. The van der Waals surface area contributed by atoms with Crippen molar-refractivity contribution in [2.75, 3.05) is 20.2 Å². The molecule has 0 fully saturated rings. The summed E-state index contributed by atoms with van der Waals surface area (Å²) in [6.07, 6.45) is 0. The number of likely N-dealkylation sites (N-methyl/N-ethyl adjacent to an activating group) is 1. The molecule has 3 rings (SSSR count). The van der Waals surface area contributed by atoms with Crippen LogP contribution in [0.2, 0.25) is 0 Å². The van der Waals surface area contributed by atoms with E-state index in [9.17, 15) is 24.8 Å². The molecule has 1 aliphatic heterocycles. The Labute approximate surface area is 167 Å². The molecule has 2 aromatic carbocycles. The number of rotatable bonds is 7. The maximum absolute atomic E-state index is 13.1. The molecule has 0 atom stereocenters. The van der Waals surface area contributed by atoms with Crippen LogP contribution in [0.5, 0.6) is 0 Å². The van der Waals surface area contributed by atoms with Crippen LogP contribution >= 0.6 is 0 Å². The Kier molecular flexibility index (Phi) is 5.74. The Morgan fingerprint density at radius 2 is 1.66 bits per heavy atom. The van der Waals surface area contributed by atoms with Gasteiger partial charge in [-0.2, -0.15) is 0 Å². The first-order valence-corrected chi connectivity index (χ1v) is 9.06. The third kappa shape index (κ3) is 4.02. The fraction of sp³-hybridized carbons (Fsp3) is 0.238. The van der Waals surface area contributed by atoms with Crippen molar-refractivity contribution >= 4 is 23.1 Å². The largest absolute Gasteiger partial charge is 0.395 e. The SMILES string of the molecule is Cc1ccc(CN2C(=O)C(c3ccc([N+](=O)[O-])cc3)=C(N(C)CCO)C2=O)cc1. The van der Waals surface area contributed by atoms with Crippen molar-refractivity contribution in [3.63, 3.8) is 0 Å². The summed E-state index contributed by atoms with van der Waals surface area (Å²) in [7, 11) is 1.62. The second-order valence-electron chi connectivity index (χ2n) is 6.85. The van der Waals surface area contributed by atoms with Gasteiger partial charge in [0.1, 0.15) is 5.70 Å². The van der Waals surface area contributed by atoms with Gasteiger partial charge in [-0.25, -0.2) is 0 Å². The van der Waals surface area contributed by atoms with E-state index in [0.717, 1.165) is 16.0 Å². The van der Waals surface area contributed by atoms with Gasteiger partial charge >= 0.3 is 0 Å². The zero-order valence-electron chi connectivity index (χ0n) is 16.2. The molecule has 0 unspecified atom stereocenters. The molecule has 0 bridgehead atoms. The molecule has 1 aliphatic rings. The van der Waals surface area contributed by atoms with Crippen LogP contribution < -0.4 is 0 Å². The Hall–Kier alpha value is -3.52. The number of non-ortho nitro benzene ring substituents is 1. The van der Waals surface area contributed by atoms with Gasteiger partial charge in [0.25, 0.3) is 17.5 Å². The fourth-order valence-corrected chi connectivity index (χ4v) is 3.21. The number of hydrogen-bond donors (Lipinski definition) is 1. The quantitative estimate of drug-likeness (QED) is 0.437. The van der Waals surface area contributed by atoms with Crippen molar-refractivity contribution in [1.29, 1.82) is 0 Å². The number of aliphatic hydroxyl groups is 1. The highest BCUT2D eigenvalue weighted by Gasteiger charge is 2.40. The summed E-state index contributed by atoms with van der Waals surface area (Å²) in [5.74, 6) is -0.927. The van der Waals surface area contributed by atoms with E-state index < -0.39 is 16.7 Å². The van der Waals surface area contributed by atoms with Gasteiger partial charge in [-0.3, -0.25) is 24.6 Å². The second-order valence-corrected chi connectivity index (χ2v) is 6.85. The van der Waals surface area contributed by atoms with Crippen LogP contribution in [0.3, 0.4) is 0 Å². The van der Waals surface area contributed by atoms with Crippen molar-refractivity contribution in [2.45, 2.75) is 13.5 Å². The number of benzene rings is 2. The van der Waals surface area contributed by atoms with Gasteiger partial charge in [0, 0.05) is 25.7 Å². The van der Waals surface area contributed by atoms with E-state index in [1.54, 1.807) is 7.05 Å². The van der Waals surface area contributed by atoms with E-state index in [-0.39, 0.29) is 36.7 Å². The van der Waals surface area contributed by atoms with Crippen LogP contribution in [0.1, 0.15) is 16.7 Å². The Bertz CT molecular complexity index is 980.